The molecule has 0 bridgehead atoms. The van der Waals surface area contributed by atoms with Crippen LogP contribution in [0.2, 0.25) is 5.02 Å². The Kier molecular flexibility index (Phi) is 6.37. The fraction of sp³-hybridized carbons (Fsp3) is 0.174. The molecule has 7 heteroatoms. The zero-order chi connectivity index (χ0) is 21.8. The fourth-order valence-corrected chi connectivity index (χ4v) is 3.23. The van der Waals surface area contributed by atoms with Crippen LogP contribution in [0.3, 0.4) is 0 Å². The largest absolute Gasteiger partial charge is 0.345 e. The Balaban J connectivity index is 1.80. The molecule has 2 amide bonds. The maximum atomic E-state index is 12.5. The molecule has 0 saturated heterocycles. The molecule has 0 unspecified atom stereocenters. The monoisotopic (exact) mass is 422 g/mol. The molecule has 0 spiro atoms. The van der Waals surface area contributed by atoms with E-state index in [-0.39, 0.29) is 11.8 Å². The number of halogens is 1. The number of amides is 2. The minimum absolute atomic E-state index is 0.169. The molecule has 3 rings (SSSR count). The summed E-state index contributed by atoms with van der Waals surface area (Å²) in [4.78, 5) is 26.1. The van der Waals surface area contributed by atoms with Gasteiger partial charge in [-0.3, -0.25) is 9.59 Å². The first-order valence-electron chi connectivity index (χ1n) is 9.40. The maximum absolute atomic E-state index is 12.5. The topological polar surface area (TPSA) is 67.2 Å². The highest BCUT2D eigenvalue weighted by molar-refractivity contribution is 6.34. The second-order valence-electron chi connectivity index (χ2n) is 7.05. The summed E-state index contributed by atoms with van der Waals surface area (Å²) in [6.45, 7) is 3.86. The van der Waals surface area contributed by atoms with E-state index in [9.17, 15) is 9.59 Å². The van der Waals surface area contributed by atoms with Crippen molar-refractivity contribution in [1.82, 2.24) is 14.7 Å². The molecule has 154 valence electrons. The summed E-state index contributed by atoms with van der Waals surface area (Å²) in [6.07, 6.45) is 3.16. The third-order valence-corrected chi connectivity index (χ3v) is 4.96. The van der Waals surface area contributed by atoms with Crippen molar-refractivity contribution < 1.29 is 9.59 Å². The highest BCUT2D eigenvalue weighted by Gasteiger charge is 2.13. The third-order valence-electron chi connectivity index (χ3n) is 4.63. The van der Waals surface area contributed by atoms with Crippen LogP contribution in [-0.4, -0.2) is 40.6 Å². The molecular formula is C23H23ClN4O2. The molecule has 0 fully saturated rings. The van der Waals surface area contributed by atoms with Crippen LogP contribution in [-0.2, 0) is 4.79 Å². The van der Waals surface area contributed by atoms with Crippen molar-refractivity contribution in [3.05, 3.63) is 82.1 Å². The maximum Gasteiger partial charge on any atom is 0.253 e. The normalized spacial score (nSPS) is 11.0. The number of benzene rings is 2. The Morgan fingerprint density at radius 1 is 1.10 bits per heavy atom. The van der Waals surface area contributed by atoms with Crippen molar-refractivity contribution >= 4 is 35.2 Å². The molecule has 1 N–H and O–H groups in total. The van der Waals surface area contributed by atoms with Gasteiger partial charge in [0.1, 0.15) is 0 Å². The lowest BCUT2D eigenvalue weighted by molar-refractivity contribution is -0.111. The minimum Gasteiger partial charge on any atom is -0.345 e. The van der Waals surface area contributed by atoms with E-state index < -0.39 is 0 Å². The van der Waals surface area contributed by atoms with Gasteiger partial charge >= 0.3 is 0 Å². The number of aryl methyl sites for hydroxylation is 1. The van der Waals surface area contributed by atoms with Crippen LogP contribution in [0.15, 0.2) is 54.6 Å². The number of anilines is 1. The Morgan fingerprint density at radius 3 is 2.47 bits per heavy atom. The molecule has 3 aromatic rings. The van der Waals surface area contributed by atoms with Crippen LogP contribution in [0.4, 0.5) is 5.69 Å². The van der Waals surface area contributed by atoms with Gasteiger partial charge in [0, 0.05) is 37.0 Å². The smallest absolute Gasteiger partial charge is 0.253 e. The molecule has 1 aromatic heterocycles. The quantitative estimate of drug-likeness (QED) is 0.616. The van der Waals surface area contributed by atoms with Crippen molar-refractivity contribution in [2.75, 3.05) is 19.4 Å². The van der Waals surface area contributed by atoms with E-state index in [0.717, 1.165) is 22.6 Å². The van der Waals surface area contributed by atoms with E-state index in [1.54, 1.807) is 38.4 Å². The Labute approximate surface area is 180 Å². The molecule has 0 aliphatic carbocycles. The first kappa shape index (κ1) is 21.3. The van der Waals surface area contributed by atoms with E-state index >= 15 is 0 Å². The summed E-state index contributed by atoms with van der Waals surface area (Å²) >= 11 is 6.19. The molecule has 30 heavy (non-hydrogen) atoms. The van der Waals surface area contributed by atoms with E-state index in [4.69, 9.17) is 11.6 Å². The lowest BCUT2D eigenvalue weighted by atomic mass is 10.1. The van der Waals surface area contributed by atoms with Gasteiger partial charge < -0.3 is 10.2 Å². The molecule has 0 aliphatic rings. The summed E-state index contributed by atoms with van der Waals surface area (Å²) in [7, 11) is 3.33. The van der Waals surface area contributed by atoms with Crippen molar-refractivity contribution in [3.63, 3.8) is 0 Å². The summed E-state index contributed by atoms with van der Waals surface area (Å²) in [5, 5.41) is 7.67. The van der Waals surface area contributed by atoms with E-state index in [0.29, 0.717) is 16.3 Å². The van der Waals surface area contributed by atoms with Crippen LogP contribution in [0, 0.1) is 13.8 Å². The standard InChI is InChI=1S/C23H23ClN4O2/c1-15-19(16(2)28(26-15)18-8-6-5-7-9-18)11-13-22(29)25-21-14-17(10-12-20(21)24)23(30)27(3)4/h5-14H,1-4H3,(H,25,29). The van der Waals surface area contributed by atoms with Gasteiger partial charge in [-0.15, -0.1) is 0 Å². The molecule has 1 heterocycles. The number of carbonyl (C=O) groups excluding carboxylic acids is 2. The second-order valence-corrected chi connectivity index (χ2v) is 7.46. The first-order chi connectivity index (χ1) is 14.3. The first-order valence-corrected chi connectivity index (χ1v) is 9.77. The molecule has 0 atom stereocenters. The Bertz CT molecular complexity index is 1120. The van der Waals surface area contributed by atoms with Crippen LogP contribution < -0.4 is 5.32 Å². The predicted molar refractivity (Wildman–Crippen MR) is 120 cm³/mol. The molecule has 2 aromatic carbocycles. The summed E-state index contributed by atoms with van der Waals surface area (Å²) in [6, 6.07) is 14.6. The molecule has 6 nitrogen and oxygen atoms in total. The van der Waals surface area contributed by atoms with Gasteiger partial charge in [0.05, 0.1) is 22.1 Å². The van der Waals surface area contributed by atoms with Crippen LogP contribution in [0.25, 0.3) is 11.8 Å². The zero-order valence-corrected chi connectivity index (χ0v) is 18.1. The number of hydrogen-bond acceptors (Lipinski definition) is 3. The fourth-order valence-electron chi connectivity index (χ4n) is 3.06. The summed E-state index contributed by atoms with van der Waals surface area (Å²) in [5.41, 5.74) is 4.40. The number of aromatic nitrogens is 2. The van der Waals surface area contributed by atoms with E-state index in [1.165, 1.54) is 11.0 Å². The lowest BCUT2D eigenvalue weighted by Crippen LogP contribution is -2.21. The van der Waals surface area contributed by atoms with E-state index in [1.807, 2.05) is 48.9 Å². The Hall–Kier alpha value is -3.38. The van der Waals surface area contributed by atoms with Crippen molar-refractivity contribution in [1.29, 1.82) is 0 Å². The number of nitrogens with zero attached hydrogens (tertiary/aromatic N) is 3. The van der Waals surface area contributed by atoms with Gasteiger partial charge in [-0.25, -0.2) is 4.68 Å². The van der Waals surface area contributed by atoms with Gasteiger partial charge in [0.25, 0.3) is 5.91 Å². The number of hydrogen-bond donors (Lipinski definition) is 1. The summed E-state index contributed by atoms with van der Waals surface area (Å²) in [5.74, 6) is -0.519. The second kappa shape index (κ2) is 8.97. The van der Waals surface area contributed by atoms with Gasteiger partial charge in [-0.1, -0.05) is 29.8 Å². The zero-order valence-electron chi connectivity index (χ0n) is 17.3. The van der Waals surface area contributed by atoms with Gasteiger partial charge in [0.2, 0.25) is 5.91 Å². The van der Waals surface area contributed by atoms with Crippen LogP contribution in [0.1, 0.15) is 27.3 Å². The van der Waals surface area contributed by atoms with Crippen LogP contribution >= 0.6 is 11.6 Å². The molecule has 0 saturated carbocycles. The minimum atomic E-state index is -0.349. The molecular weight excluding hydrogens is 400 g/mol. The number of rotatable bonds is 5. The van der Waals surface area contributed by atoms with Crippen molar-refractivity contribution in [2.24, 2.45) is 0 Å². The predicted octanol–water partition coefficient (Wildman–Crippen LogP) is 4.50. The van der Waals surface area contributed by atoms with Gasteiger partial charge in [-0.05, 0) is 50.3 Å². The van der Waals surface area contributed by atoms with Gasteiger partial charge in [0.15, 0.2) is 0 Å². The molecule has 0 aliphatic heterocycles. The Morgan fingerprint density at radius 2 is 1.80 bits per heavy atom. The van der Waals surface area contributed by atoms with Gasteiger partial charge in [-0.2, -0.15) is 5.10 Å². The lowest BCUT2D eigenvalue weighted by Gasteiger charge is -2.12. The number of para-hydroxylation sites is 1. The van der Waals surface area contributed by atoms with Crippen molar-refractivity contribution in [3.8, 4) is 5.69 Å². The average molecular weight is 423 g/mol. The van der Waals surface area contributed by atoms with E-state index in [2.05, 4.69) is 10.4 Å². The number of nitrogens with one attached hydrogen (secondary N) is 1. The number of carbonyl (C=O) groups is 2. The SMILES string of the molecule is Cc1nn(-c2ccccc2)c(C)c1C=CC(=O)Nc1cc(C(=O)N(C)C)ccc1Cl. The van der Waals surface area contributed by atoms with Crippen LogP contribution in [0.5, 0.6) is 0 Å². The highest BCUT2D eigenvalue weighted by Crippen LogP contribution is 2.24. The third kappa shape index (κ3) is 4.60. The average Bonchev–Trinajstić information content (AvgIpc) is 3.01. The highest BCUT2D eigenvalue weighted by atomic mass is 35.5. The van der Waals surface area contributed by atoms with Crippen molar-refractivity contribution in [2.45, 2.75) is 13.8 Å². The summed E-state index contributed by atoms with van der Waals surface area (Å²) < 4.78 is 1.85. The molecule has 0 radical (unpaired) electrons.